The van der Waals surface area contributed by atoms with E-state index in [0.717, 1.165) is 24.2 Å². The van der Waals surface area contributed by atoms with Crippen LogP contribution in [0, 0.1) is 0 Å². The maximum absolute atomic E-state index is 13.1. The third-order valence-corrected chi connectivity index (χ3v) is 4.66. The van der Waals surface area contributed by atoms with Crippen LogP contribution in [0.1, 0.15) is 29.0 Å². The van der Waals surface area contributed by atoms with E-state index in [0.29, 0.717) is 23.7 Å². The first kappa shape index (κ1) is 14.9. The van der Waals surface area contributed by atoms with Gasteiger partial charge < -0.3 is 13.7 Å². The lowest BCUT2D eigenvalue weighted by Gasteiger charge is -2.21. The lowest BCUT2D eigenvalue weighted by atomic mass is 10.2. The van der Waals surface area contributed by atoms with E-state index in [2.05, 4.69) is 15.2 Å². The fourth-order valence-electron chi connectivity index (χ4n) is 3.17. The van der Waals surface area contributed by atoms with Crippen molar-refractivity contribution in [3.05, 3.63) is 66.4 Å². The number of hydrogen-bond donors (Lipinski definition) is 1. The molecule has 1 saturated carbocycles. The van der Waals surface area contributed by atoms with Crippen molar-refractivity contribution in [1.29, 1.82) is 0 Å². The smallest absolute Gasteiger partial charge is 0.274 e. The van der Waals surface area contributed by atoms with Crippen molar-refractivity contribution in [3.8, 4) is 11.5 Å². The predicted octanol–water partition coefficient (Wildman–Crippen LogP) is 3.12. The molecule has 0 saturated heterocycles. The first-order chi connectivity index (χ1) is 12.8. The van der Waals surface area contributed by atoms with Gasteiger partial charge >= 0.3 is 0 Å². The fraction of sp³-hybridized carbons (Fsp3) is 0.211. The monoisotopic (exact) mass is 347 g/mol. The summed E-state index contributed by atoms with van der Waals surface area (Å²) in [6, 6.07) is 11.5. The minimum Gasteiger partial charge on any atom is -0.463 e. The first-order valence-corrected chi connectivity index (χ1v) is 8.61. The van der Waals surface area contributed by atoms with Gasteiger partial charge in [-0.15, -0.1) is 0 Å². The number of hydrogen-bond acceptors (Lipinski definition) is 4. The molecule has 0 aromatic carbocycles. The fourth-order valence-corrected chi connectivity index (χ4v) is 3.17. The first-order valence-electron chi connectivity index (χ1n) is 8.61. The van der Waals surface area contributed by atoms with Gasteiger partial charge in [0.05, 0.1) is 24.7 Å². The number of amides is 1. The highest BCUT2D eigenvalue weighted by Crippen LogP contribution is 2.30. The van der Waals surface area contributed by atoms with Crippen molar-refractivity contribution in [2.45, 2.75) is 25.4 Å². The van der Waals surface area contributed by atoms with Gasteiger partial charge in [0.25, 0.3) is 5.91 Å². The molecule has 0 bridgehead atoms. The molecule has 5 rings (SSSR count). The van der Waals surface area contributed by atoms with Crippen LogP contribution in [-0.4, -0.2) is 36.4 Å². The maximum atomic E-state index is 13.1. The average Bonchev–Trinajstić information content (AvgIpc) is 3.09. The Kier molecular flexibility index (Phi) is 3.38. The number of pyridine rings is 1. The highest BCUT2D eigenvalue weighted by Gasteiger charge is 2.34. The number of carbonyl (C=O) groups is 1. The number of carbonyl (C=O) groups excluding carboxylic acids is 1. The normalized spacial score (nSPS) is 14.0. The highest BCUT2D eigenvalue weighted by atomic mass is 16.3. The van der Waals surface area contributed by atoms with Crippen LogP contribution in [-0.2, 0) is 6.54 Å². The van der Waals surface area contributed by atoms with Crippen molar-refractivity contribution in [1.82, 2.24) is 24.5 Å². The van der Waals surface area contributed by atoms with E-state index in [9.17, 15) is 4.79 Å². The predicted molar refractivity (Wildman–Crippen MR) is 94.4 cm³/mol. The molecule has 0 radical (unpaired) electrons. The van der Waals surface area contributed by atoms with E-state index < -0.39 is 0 Å². The van der Waals surface area contributed by atoms with Gasteiger partial charge in [-0.2, -0.15) is 5.10 Å². The molecule has 0 unspecified atom stereocenters. The number of fused-ring (bicyclic) bond motifs is 1. The van der Waals surface area contributed by atoms with Gasteiger partial charge in [-0.05, 0) is 37.1 Å². The Morgan fingerprint density at radius 2 is 2.23 bits per heavy atom. The van der Waals surface area contributed by atoms with Gasteiger partial charge in [0.15, 0.2) is 11.5 Å². The maximum Gasteiger partial charge on any atom is 0.274 e. The molecule has 0 aliphatic heterocycles. The summed E-state index contributed by atoms with van der Waals surface area (Å²) in [5.74, 6) is 0.587. The third kappa shape index (κ3) is 2.57. The van der Waals surface area contributed by atoms with Gasteiger partial charge in [-0.1, -0.05) is 6.07 Å². The number of furan rings is 1. The Hall–Kier alpha value is -3.35. The summed E-state index contributed by atoms with van der Waals surface area (Å²) in [5.41, 5.74) is 2.97. The van der Waals surface area contributed by atoms with E-state index in [-0.39, 0.29) is 11.9 Å². The van der Waals surface area contributed by atoms with Crippen LogP contribution in [0.2, 0.25) is 0 Å². The van der Waals surface area contributed by atoms with Crippen LogP contribution >= 0.6 is 0 Å². The molecule has 0 atom stereocenters. The van der Waals surface area contributed by atoms with Gasteiger partial charge in [0.2, 0.25) is 0 Å². The molecule has 4 aromatic heterocycles. The van der Waals surface area contributed by atoms with Crippen LogP contribution in [0.4, 0.5) is 0 Å². The topological polar surface area (TPSA) is 79.4 Å². The summed E-state index contributed by atoms with van der Waals surface area (Å²) >= 11 is 0. The Bertz CT molecular complexity index is 1060. The Balaban J connectivity index is 1.43. The van der Waals surface area contributed by atoms with Gasteiger partial charge in [0, 0.05) is 18.3 Å². The Morgan fingerprint density at radius 3 is 3.04 bits per heavy atom. The number of aromatic amines is 1. The average molecular weight is 347 g/mol. The highest BCUT2D eigenvalue weighted by molar-refractivity contribution is 5.93. The van der Waals surface area contributed by atoms with Crippen molar-refractivity contribution in [3.63, 3.8) is 0 Å². The second-order valence-corrected chi connectivity index (χ2v) is 6.49. The van der Waals surface area contributed by atoms with E-state index in [1.54, 1.807) is 18.4 Å². The summed E-state index contributed by atoms with van der Waals surface area (Å²) in [5, 5.41) is 7.08. The van der Waals surface area contributed by atoms with Crippen molar-refractivity contribution >= 4 is 11.6 Å². The van der Waals surface area contributed by atoms with Gasteiger partial charge in [-0.3, -0.25) is 9.89 Å². The number of aromatic nitrogens is 4. The molecule has 130 valence electrons. The molecule has 4 heterocycles. The number of rotatable bonds is 5. The third-order valence-electron chi connectivity index (χ3n) is 4.66. The minimum atomic E-state index is -0.0764. The zero-order valence-electron chi connectivity index (χ0n) is 14.0. The molecular formula is C19H17N5O2. The van der Waals surface area contributed by atoms with Gasteiger partial charge in [-0.25, -0.2) is 4.98 Å². The van der Waals surface area contributed by atoms with Crippen molar-refractivity contribution in [2.75, 3.05) is 0 Å². The number of imidazole rings is 1. The van der Waals surface area contributed by atoms with Crippen molar-refractivity contribution in [2.24, 2.45) is 0 Å². The molecule has 1 N–H and O–H groups in total. The summed E-state index contributed by atoms with van der Waals surface area (Å²) in [6.07, 6.45) is 7.45. The number of H-pyrrole nitrogens is 1. The molecule has 7 nitrogen and oxygen atoms in total. The van der Waals surface area contributed by atoms with E-state index in [1.165, 1.54) is 0 Å². The second-order valence-electron chi connectivity index (χ2n) is 6.49. The quantitative estimate of drug-likeness (QED) is 0.601. The largest absolute Gasteiger partial charge is 0.463 e. The van der Waals surface area contributed by atoms with Gasteiger partial charge in [0.1, 0.15) is 11.3 Å². The molecule has 1 aliphatic rings. The summed E-state index contributed by atoms with van der Waals surface area (Å²) in [7, 11) is 0. The minimum absolute atomic E-state index is 0.0764. The standard InChI is InChI=1S/C19H17N5O2/c25-19(16-10-15(21-22-16)17-4-3-9-26-17)24(13-6-7-13)12-14-11-20-18-5-1-2-8-23(14)18/h1-5,8-11,13H,6-7,12H2,(H,21,22). The molecule has 1 aliphatic carbocycles. The molecule has 1 amide bonds. The molecular weight excluding hydrogens is 330 g/mol. The van der Waals surface area contributed by atoms with Crippen LogP contribution in [0.25, 0.3) is 17.1 Å². The molecule has 1 fully saturated rings. The van der Waals surface area contributed by atoms with Crippen molar-refractivity contribution < 1.29 is 9.21 Å². The number of nitrogens with zero attached hydrogens (tertiary/aromatic N) is 4. The number of nitrogens with one attached hydrogen (secondary N) is 1. The zero-order chi connectivity index (χ0) is 17.5. The molecule has 0 spiro atoms. The summed E-state index contributed by atoms with van der Waals surface area (Å²) in [6.45, 7) is 0.512. The second kappa shape index (κ2) is 5.87. The summed E-state index contributed by atoms with van der Waals surface area (Å²) < 4.78 is 7.37. The molecule has 4 aromatic rings. The summed E-state index contributed by atoms with van der Waals surface area (Å²) in [4.78, 5) is 19.4. The van der Waals surface area contributed by atoms with E-state index in [1.807, 2.05) is 46.0 Å². The Labute approximate surface area is 149 Å². The van der Waals surface area contributed by atoms with Crippen LogP contribution in [0.3, 0.4) is 0 Å². The SMILES string of the molecule is O=C(c1cc(-c2ccco2)[nH]n1)N(Cc1cnc2ccccn12)C1CC1. The lowest BCUT2D eigenvalue weighted by molar-refractivity contribution is 0.0721. The molecule has 26 heavy (non-hydrogen) atoms. The van der Waals surface area contributed by atoms with Crippen LogP contribution in [0.5, 0.6) is 0 Å². The molecule has 7 heteroatoms. The zero-order valence-corrected chi connectivity index (χ0v) is 14.0. The Morgan fingerprint density at radius 1 is 1.31 bits per heavy atom. The van der Waals surface area contributed by atoms with Crippen LogP contribution < -0.4 is 0 Å². The van der Waals surface area contributed by atoms with Crippen LogP contribution in [0.15, 0.2) is 59.5 Å². The van der Waals surface area contributed by atoms with E-state index in [4.69, 9.17) is 4.42 Å². The van der Waals surface area contributed by atoms with E-state index >= 15 is 0 Å². The lowest BCUT2D eigenvalue weighted by Crippen LogP contribution is -2.33.